The van der Waals surface area contributed by atoms with Gasteiger partial charge in [0.2, 0.25) is 5.60 Å². The normalized spacial score (nSPS) is 21.9. The maximum absolute atomic E-state index is 13.7. The van der Waals surface area contributed by atoms with E-state index in [4.69, 9.17) is 15.3 Å². The summed E-state index contributed by atoms with van der Waals surface area (Å²) in [6, 6.07) is 2.20. The SMILES string of the molecule is C=C(C)[C@@H]1CCC(C)=C[C@H]1c1c(C)cc(CCCCC)cc1OC(=O)SC1[C@H](NC(=O)/C(=N\OC(C)(C)C(=O)O)C2=CCC(N)=N2)C(=O)N1S(=O)(=O)O. The number of nitrogens with one attached hydrogen (secondary N) is 1. The Labute approximate surface area is 313 Å². The molecule has 4 rings (SSSR count). The Morgan fingerprint density at radius 2 is 1.92 bits per heavy atom. The molecule has 2 heterocycles. The summed E-state index contributed by atoms with van der Waals surface area (Å²) in [4.78, 5) is 61.0. The van der Waals surface area contributed by atoms with Crippen LogP contribution in [0.2, 0.25) is 0 Å². The number of carboxylic acid groups (broad SMARTS) is 1. The van der Waals surface area contributed by atoms with Gasteiger partial charge in [-0.2, -0.15) is 12.7 Å². The number of hydrogen-bond acceptors (Lipinski definition) is 12. The van der Waals surface area contributed by atoms with E-state index < -0.39 is 56.1 Å². The van der Waals surface area contributed by atoms with Gasteiger partial charge in [-0.3, -0.25) is 14.1 Å². The molecule has 1 aromatic carbocycles. The van der Waals surface area contributed by atoms with Crippen LogP contribution in [-0.2, 0) is 35.9 Å². The first-order valence-corrected chi connectivity index (χ1v) is 19.5. The zero-order chi connectivity index (χ0) is 39.4. The number of unbranched alkanes of at least 4 members (excludes halogenated alkanes) is 2. The molecule has 288 valence electrons. The van der Waals surface area contributed by atoms with Crippen LogP contribution in [0.25, 0.3) is 0 Å². The number of ether oxygens (including phenoxy) is 1. The third kappa shape index (κ3) is 9.74. The van der Waals surface area contributed by atoms with E-state index in [0.717, 1.165) is 60.8 Å². The van der Waals surface area contributed by atoms with Crippen LogP contribution in [0.5, 0.6) is 5.75 Å². The van der Waals surface area contributed by atoms with Gasteiger partial charge in [0.05, 0.1) is 5.70 Å². The lowest BCUT2D eigenvalue weighted by Crippen LogP contribution is -2.71. The molecule has 5 N–H and O–H groups in total. The van der Waals surface area contributed by atoms with Crippen molar-refractivity contribution in [2.75, 3.05) is 0 Å². The molecule has 1 saturated heterocycles. The summed E-state index contributed by atoms with van der Waals surface area (Å²) in [6.45, 7) is 14.6. The van der Waals surface area contributed by atoms with Crippen LogP contribution in [0.1, 0.15) is 95.8 Å². The van der Waals surface area contributed by atoms with Gasteiger partial charge < -0.3 is 25.7 Å². The largest absolute Gasteiger partial charge is 0.478 e. The number of hydrogen-bond donors (Lipinski definition) is 4. The molecule has 15 nitrogen and oxygen atoms in total. The first kappa shape index (κ1) is 41.3. The molecule has 1 aliphatic carbocycles. The number of oxime groups is 1. The summed E-state index contributed by atoms with van der Waals surface area (Å²) >= 11 is 0.278. The van der Waals surface area contributed by atoms with Crippen molar-refractivity contribution in [3.05, 3.63) is 64.4 Å². The maximum Gasteiger partial charge on any atom is 0.374 e. The van der Waals surface area contributed by atoms with Gasteiger partial charge in [-0.05, 0) is 101 Å². The number of aryl methyl sites for hydroxylation is 2. The summed E-state index contributed by atoms with van der Waals surface area (Å²) in [7, 11) is -5.19. The zero-order valence-electron chi connectivity index (χ0n) is 30.7. The van der Waals surface area contributed by atoms with Gasteiger partial charge in [0.15, 0.2) is 5.71 Å². The highest BCUT2D eigenvalue weighted by molar-refractivity contribution is 8.14. The van der Waals surface area contributed by atoms with Crippen LogP contribution in [0.4, 0.5) is 4.79 Å². The van der Waals surface area contributed by atoms with Crippen LogP contribution >= 0.6 is 11.8 Å². The smallest absolute Gasteiger partial charge is 0.374 e. The number of carboxylic acids is 1. The predicted octanol–water partition coefficient (Wildman–Crippen LogP) is 5.31. The number of carbonyl (C=O) groups excluding carboxylic acids is 3. The van der Waals surface area contributed by atoms with Gasteiger partial charge in [-0.15, -0.1) is 0 Å². The third-order valence-electron chi connectivity index (χ3n) is 9.24. The number of carbonyl (C=O) groups is 4. The summed E-state index contributed by atoms with van der Waals surface area (Å²) in [6.07, 6.45) is 9.14. The minimum absolute atomic E-state index is 0.0629. The van der Waals surface area contributed by atoms with E-state index in [9.17, 15) is 37.3 Å². The van der Waals surface area contributed by atoms with Gasteiger partial charge in [0, 0.05) is 17.9 Å². The molecule has 0 radical (unpaired) electrons. The number of amidine groups is 1. The number of aliphatic imine (C=N–C) groups is 1. The van der Waals surface area contributed by atoms with Gasteiger partial charge in [0.25, 0.3) is 11.8 Å². The lowest BCUT2D eigenvalue weighted by Gasteiger charge is -2.42. The maximum atomic E-state index is 13.7. The van der Waals surface area contributed by atoms with Gasteiger partial charge in [0.1, 0.15) is 23.0 Å². The molecule has 0 aromatic heterocycles. The van der Waals surface area contributed by atoms with Crippen LogP contribution in [0.15, 0.2) is 57.9 Å². The number of allylic oxidation sites excluding steroid dienone is 3. The molecular formula is C36H47N5O10S2. The Hall–Kier alpha value is -4.48. The number of amides is 2. The average Bonchev–Trinajstić information content (AvgIpc) is 3.48. The first-order chi connectivity index (χ1) is 24.7. The summed E-state index contributed by atoms with van der Waals surface area (Å²) in [5.41, 5.74) is 8.02. The molecule has 0 spiro atoms. The van der Waals surface area contributed by atoms with Crippen molar-refractivity contribution in [2.45, 2.75) is 109 Å². The summed E-state index contributed by atoms with van der Waals surface area (Å²) < 4.78 is 40.5. The van der Waals surface area contributed by atoms with Crippen molar-refractivity contribution in [3.8, 4) is 5.75 Å². The fraction of sp³-hybridized carbons (Fsp3) is 0.500. The number of rotatable bonds is 15. The molecule has 0 bridgehead atoms. The Balaban J connectivity index is 1.66. The summed E-state index contributed by atoms with van der Waals surface area (Å²) in [5.74, 6) is -3.46. The molecular weight excluding hydrogens is 727 g/mol. The highest BCUT2D eigenvalue weighted by Crippen LogP contribution is 2.45. The molecule has 0 saturated carbocycles. The van der Waals surface area contributed by atoms with Crippen molar-refractivity contribution in [3.63, 3.8) is 0 Å². The second-order valence-electron chi connectivity index (χ2n) is 14.0. The predicted molar refractivity (Wildman–Crippen MR) is 201 cm³/mol. The monoisotopic (exact) mass is 773 g/mol. The first-order valence-electron chi connectivity index (χ1n) is 17.2. The van der Waals surface area contributed by atoms with Crippen molar-refractivity contribution >= 4 is 56.7 Å². The lowest BCUT2D eigenvalue weighted by atomic mass is 9.73. The van der Waals surface area contributed by atoms with E-state index in [-0.39, 0.29) is 51.6 Å². The lowest BCUT2D eigenvalue weighted by molar-refractivity contribution is -0.161. The van der Waals surface area contributed by atoms with Crippen molar-refractivity contribution in [1.29, 1.82) is 0 Å². The van der Waals surface area contributed by atoms with Crippen LogP contribution in [0.3, 0.4) is 0 Å². The fourth-order valence-corrected chi connectivity index (χ4v) is 8.37. The minimum atomic E-state index is -5.19. The van der Waals surface area contributed by atoms with Gasteiger partial charge >= 0.3 is 21.6 Å². The van der Waals surface area contributed by atoms with Crippen molar-refractivity contribution in [1.82, 2.24) is 9.62 Å². The van der Waals surface area contributed by atoms with E-state index in [1.807, 2.05) is 20.8 Å². The molecule has 1 aromatic rings. The molecule has 17 heteroatoms. The molecule has 4 atom stereocenters. The number of benzene rings is 1. The average molecular weight is 774 g/mol. The number of aliphatic carboxylic acids is 1. The molecule has 53 heavy (non-hydrogen) atoms. The molecule has 2 amide bonds. The minimum Gasteiger partial charge on any atom is -0.478 e. The van der Waals surface area contributed by atoms with E-state index in [1.165, 1.54) is 25.5 Å². The second-order valence-corrected chi connectivity index (χ2v) is 16.3. The highest BCUT2D eigenvalue weighted by Gasteiger charge is 2.56. The standard InChI is InChI=1S/C36H47N5O10S2/c1-8-9-10-11-22-17-21(5)28(24-16-20(4)12-13-23(24)19(2)3)26(18-22)50-35(46)52-33-30(32(43)41(33)53(47,48)49)39-31(42)29(25-14-15-27(37)38-25)40-51-36(6,7)34(44)45/h14,16-18,23-24,30,33H,2,8-13,15H2,1,3-7H3,(H2,37,38)(H,39,42)(H,44,45)(H,47,48,49)/b40-29-/t23-,24+,30+,33?/m0/s1. The number of nitrogens with zero attached hydrogens (tertiary/aromatic N) is 3. The molecule has 1 fully saturated rings. The van der Waals surface area contributed by atoms with Crippen molar-refractivity contribution in [2.24, 2.45) is 21.8 Å². The Bertz CT molecular complexity index is 1920. The van der Waals surface area contributed by atoms with E-state index >= 15 is 0 Å². The second kappa shape index (κ2) is 16.7. The molecule has 2 aliphatic heterocycles. The molecule has 3 aliphatic rings. The zero-order valence-corrected chi connectivity index (χ0v) is 32.3. The fourth-order valence-electron chi connectivity index (χ4n) is 6.33. The van der Waals surface area contributed by atoms with Crippen LogP contribution in [-0.4, -0.2) is 74.0 Å². The number of thioether (sulfide) groups is 1. The van der Waals surface area contributed by atoms with E-state index in [0.29, 0.717) is 0 Å². The summed E-state index contributed by atoms with van der Waals surface area (Å²) in [5, 5.41) is 12.8. The molecule has 1 unspecified atom stereocenters. The number of β-lactam (4-membered cyclic amide) rings is 1. The Morgan fingerprint density at radius 1 is 1.23 bits per heavy atom. The van der Waals surface area contributed by atoms with E-state index in [2.05, 4.69) is 41.1 Å². The number of nitrogens with two attached hydrogens (primary N) is 1. The Morgan fingerprint density at radius 3 is 2.51 bits per heavy atom. The van der Waals surface area contributed by atoms with Gasteiger partial charge in [-0.25, -0.2) is 14.6 Å². The quantitative estimate of drug-likeness (QED) is 0.0338. The third-order valence-corrected chi connectivity index (χ3v) is 11.3. The van der Waals surface area contributed by atoms with Gasteiger partial charge in [-0.1, -0.05) is 54.8 Å². The van der Waals surface area contributed by atoms with Crippen LogP contribution < -0.4 is 15.8 Å². The van der Waals surface area contributed by atoms with E-state index in [1.54, 1.807) is 6.07 Å². The van der Waals surface area contributed by atoms with Crippen LogP contribution in [0, 0.1) is 12.8 Å². The highest BCUT2D eigenvalue weighted by atomic mass is 32.2. The Kier molecular flexibility index (Phi) is 13.0. The van der Waals surface area contributed by atoms with Crippen molar-refractivity contribution < 1.29 is 46.8 Å². The topological polar surface area (TPSA) is 227 Å².